The first-order chi connectivity index (χ1) is 6.92. The molecule has 0 amide bonds. The van der Waals surface area contributed by atoms with E-state index in [1.165, 1.54) is 32.1 Å². The second-order valence-corrected chi connectivity index (χ2v) is 4.28. The molecular formula is C12H19NO. The number of nitrogens with zero attached hydrogens (tertiary/aromatic N) is 1. The quantitative estimate of drug-likeness (QED) is 0.784. The molecule has 0 saturated heterocycles. The van der Waals surface area contributed by atoms with Crippen LogP contribution < -0.4 is 0 Å². The summed E-state index contributed by atoms with van der Waals surface area (Å²) in [6.07, 6.45) is 10.7. The third-order valence-corrected chi connectivity index (χ3v) is 3.39. The van der Waals surface area contributed by atoms with E-state index in [4.69, 9.17) is 0 Å². The van der Waals surface area contributed by atoms with Gasteiger partial charge in [-0.3, -0.25) is 0 Å². The molecule has 0 aromatic carbocycles. The molecule has 1 saturated carbocycles. The Morgan fingerprint density at radius 1 is 1.14 bits per heavy atom. The summed E-state index contributed by atoms with van der Waals surface area (Å²) in [5.74, 6) is 0.682. The van der Waals surface area contributed by atoms with Gasteiger partial charge in [-0.2, -0.15) is 0 Å². The molecule has 1 aliphatic rings. The van der Waals surface area contributed by atoms with Crippen LogP contribution in [0.1, 0.15) is 38.1 Å². The second-order valence-electron chi connectivity index (χ2n) is 4.28. The Kier molecular flexibility index (Phi) is 3.25. The van der Waals surface area contributed by atoms with E-state index in [2.05, 4.69) is 17.0 Å². The first kappa shape index (κ1) is 9.78. The average molecular weight is 193 g/mol. The van der Waals surface area contributed by atoms with E-state index in [9.17, 15) is 5.11 Å². The Bertz CT molecular complexity index is 249. The van der Waals surface area contributed by atoms with Gasteiger partial charge >= 0.3 is 0 Å². The van der Waals surface area contributed by atoms with Crippen molar-refractivity contribution < 1.29 is 5.11 Å². The summed E-state index contributed by atoms with van der Waals surface area (Å²) in [6.45, 7) is 0.277. The highest BCUT2D eigenvalue weighted by molar-refractivity contribution is 4.94. The van der Waals surface area contributed by atoms with Crippen LogP contribution in [-0.2, 0) is 0 Å². The number of rotatable bonds is 3. The van der Waals surface area contributed by atoms with Crippen molar-refractivity contribution in [1.82, 2.24) is 4.57 Å². The molecule has 1 heterocycles. The molecule has 2 nitrogen and oxygen atoms in total. The molecule has 1 unspecified atom stereocenters. The molecular weight excluding hydrogens is 174 g/mol. The van der Waals surface area contributed by atoms with Crippen LogP contribution in [0.25, 0.3) is 0 Å². The largest absolute Gasteiger partial charge is 0.394 e. The zero-order chi connectivity index (χ0) is 9.80. The van der Waals surface area contributed by atoms with Crippen molar-refractivity contribution in [3.05, 3.63) is 24.5 Å². The van der Waals surface area contributed by atoms with E-state index < -0.39 is 0 Å². The fourth-order valence-corrected chi connectivity index (χ4v) is 2.57. The maximum absolute atomic E-state index is 9.43. The van der Waals surface area contributed by atoms with Gasteiger partial charge in [0.1, 0.15) is 0 Å². The summed E-state index contributed by atoms with van der Waals surface area (Å²) in [6, 6.07) is 4.38. The Morgan fingerprint density at radius 3 is 2.36 bits per heavy atom. The summed E-state index contributed by atoms with van der Waals surface area (Å²) < 4.78 is 2.16. The number of aliphatic hydroxyl groups excluding tert-OH is 1. The van der Waals surface area contributed by atoms with Gasteiger partial charge in [-0.25, -0.2) is 0 Å². The molecule has 0 radical (unpaired) electrons. The normalized spacial score (nSPS) is 20.9. The molecule has 78 valence electrons. The molecule has 0 spiro atoms. The number of aliphatic hydroxyl groups is 1. The molecule has 0 aliphatic heterocycles. The molecule has 2 heteroatoms. The van der Waals surface area contributed by atoms with E-state index >= 15 is 0 Å². The highest BCUT2D eigenvalue weighted by Crippen LogP contribution is 2.32. The van der Waals surface area contributed by atoms with Crippen molar-refractivity contribution in [2.75, 3.05) is 6.61 Å². The maximum Gasteiger partial charge on any atom is 0.0641 e. The van der Waals surface area contributed by atoms with Gasteiger partial charge in [0.25, 0.3) is 0 Å². The minimum Gasteiger partial charge on any atom is -0.394 e. The maximum atomic E-state index is 9.43. The van der Waals surface area contributed by atoms with E-state index in [1.807, 2.05) is 12.1 Å². The van der Waals surface area contributed by atoms with Gasteiger partial charge < -0.3 is 9.67 Å². The third kappa shape index (κ3) is 2.01. The number of hydrogen-bond acceptors (Lipinski definition) is 1. The van der Waals surface area contributed by atoms with Gasteiger partial charge in [0.05, 0.1) is 12.6 Å². The van der Waals surface area contributed by atoms with E-state index in [1.54, 1.807) is 0 Å². The minimum atomic E-state index is 0.277. The van der Waals surface area contributed by atoms with E-state index in [-0.39, 0.29) is 6.61 Å². The van der Waals surface area contributed by atoms with Crippen LogP contribution >= 0.6 is 0 Å². The Morgan fingerprint density at radius 2 is 1.79 bits per heavy atom. The Labute approximate surface area is 85.6 Å². The summed E-state index contributed by atoms with van der Waals surface area (Å²) in [5.41, 5.74) is 0. The molecule has 1 N–H and O–H groups in total. The average Bonchev–Trinajstić information content (AvgIpc) is 2.74. The second kappa shape index (κ2) is 4.65. The molecule has 1 fully saturated rings. The lowest BCUT2D eigenvalue weighted by molar-refractivity contribution is 0.152. The fourth-order valence-electron chi connectivity index (χ4n) is 2.57. The van der Waals surface area contributed by atoms with Crippen LogP contribution in [0.4, 0.5) is 0 Å². The predicted molar refractivity (Wildman–Crippen MR) is 57.1 cm³/mol. The monoisotopic (exact) mass is 193 g/mol. The highest BCUT2D eigenvalue weighted by Gasteiger charge is 2.23. The van der Waals surface area contributed by atoms with Crippen molar-refractivity contribution in [1.29, 1.82) is 0 Å². The standard InChI is InChI=1S/C12H19NO/c14-10-12(13-8-4-5-9-13)11-6-2-1-3-7-11/h4-5,8-9,11-12,14H,1-3,6-7,10H2. The highest BCUT2D eigenvalue weighted by atomic mass is 16.3. The number of aromatic nitrogens is 1. The lowest BCUT2D eigenvalue weighted by Crippen LogP contribution is -2.23. The van der Waals surface area contributed by atoms with Crippen molar-refractivity contribution in [3.63, 3.8) is 0 Å². The lowest BCUT2D eigenvalue weighted by Gasteiger charge is -2.30. The van der Waals surface area contributed by atoms with Crippen LogP contribution in [0.15, 0.2) is 24.5 Å². The van der Waals surface area contributed by atoms with Crippen LogP contribution in [-0.4, -0.2) is 16.3 Å². The smallest absolute Gasteiger partial charge is 0.0641 e. The topological polar surface area (TPSA) is 25.2 Å². The zero-order valence-corrected chi connectivity index (χ0v) is 8.60. The number of hydrogen-bond donors (Lipinski definition) is 1. The van der Waals surface area contributed by atoms with Crippen molar-refractivity contribution in [2.24, 2.45) is 5.92 Å². The Balaban J connectivity index is 2.04. The first-order valence-electron chi connectivity index (χ1n) is 5.65. The molecule has 1 aromatic rings. The molecule has 0 bridgehead atoms. The van der Waals surface area contributed by atoms with Gasteiger partial charge in [-0.05, 0) is 30.9 Å². The van der Waals surface area contributed by atoms with Crippen LogP contribution in [0.5, 0.6) is 0 Å². The van der Waals surface area contributed by atoms with E-state index in [0.29, 0.717) is 12.0 Å². The minimum absolute atomic E-state index is 0.277. The van der Waals surface area contributed by atoms with Gasteiger partial charge in [-0.15, -0.1) is 0 Å². The van der Waals surface area contributed by atoms with Gasteiger partial charge in [0, 0.05) is 12.4 Å². The summed E-state index contributed by atoms with van der Waals surface area (Å²) in [7, 11) is 0. The van der Waals surface area contributed by atoms with E-state index in [0.717, 1.165) is 0 Å². The van der Waals surface area contributed by atoms with Crippen LogP contribution in [0.2, 0.25) is 0 Å². The predicted octanol–water partition coefficient (Wildman–Crippen LogP) is 2.60. The van der Waals surface area contributed by atoms with Crippen molar-refractivity contribution >= 4 is 0 Å². The van der Waals surface area contributed by atoms with Crippen LogP contribution in [0, 0.1) is 5.92 Å². The SMILES string of the molecule is OCC(C1CCCCC1)n1cccc1. The van der Waals surface area contributed by atoms with Gasteiger partial charge in [0.2, 0.25) is 0 Å². The third-order valence-electron chi connectivity index (χ3n) is 3.39. The molecule has 1 aliphatic carbocycles. The summed E-state index contributed by atoms with van der Waals surface area (Å²) in [4.78, 5) is 0. The molecule has 1 aromatic heterocycles. The molecule has 1 atom stereocenters. The fraction of sp³-hybridized carbons (Fsp3) is 0.667. The first-order valence-corrected chi connectivity index (χ1v) is 5.65. The lowest BCUT2D eigenvalue weighted by atomic mass is 9.84. The van der Waals surface area contributed by atoms with Crippen LogP contribution in [0.3, 0.4) is 0 Å². The summed E-state index contributed by atoms with van der Waals surface area (Å²) >= 11 is 0. The Hall–Kier alpha value is -0.760. The van der Waals surface area contributed by atoms with Gasteiger partial charge in [0.15, 0.2) is 0 Å². The van der Waals surface area contributed by atoms with Crippen molar-refractivity contribution in [2.45, 2.75) is 38.1 Å². The molecule has 2 rings (SSSR count). The zero-order valence-electron chi connectivity index (χ0n) is 8.60. The molecule has 14 heavy (non-hydrogen) atoms. The van der Waals surface area contributed by atoms with Crippen molar-refractivity contribution in [3.8, 4) is 0 Å². The van der Waals surface area contributed by atoms with Gasteiger partial charge in [-0.1, -0.05) is 19.3 Å². The summed E-state index contributed by atoms with van der Waals surface area (Å²) in [5, 5.41) is 9.43.